The largest absolute Gasteiger partial charge is 0.487 e. The molecular formula is C24H19I2N3O5. The highest BCUT2D eigenvalue weighted by molar-refractivity contribution is 14.1. The topological polar surface area (TPSA) is 102 Å². The van der Waals surface area contributed by atoms with Crippen LogP contribution in [0.15, 0.2) is 53.7 Å². The molecule has 174 valence electrons. The van der Waals surface area contributed by atoms with E-state index in [4.69, 9.17) is 4.74 Å². The third-order valence-electron chi connectivity index (χ3n) is 6.61. The molecule has 2 fully saturated rings. The Bertz CT molecular complexity index is 1190. The van der Waals surface area contributed by atoms with Crippen molar-refractivity contribution in [3.63, 3.8) is 0 Å². The van der Waals surface area contributed by atoms with Crippen molar-refractivity contribution >= 4 is 68.9 Å². The normalized spacial score (nSPS) is 25.3. The van der Waals surface area contributed by atoms with Gasteiger partial charge in [-0.05, 0) is 105 Å². The van der Waals surface area contributed by atoms with Crippen LogP contribution in [0.4, 0.5) is 5.69 Å². The zero-order chi connectivity index (χ0) is 24.0. The van der Waals surface area contributed by atoms with Crippen LogP contribution in [0.2, 0.25) is 0 Å². The van der Waals surface area contributed by atoms with Crippen LogP contribution in [0, 0.1) is 40.9 Å². The molecule has 2 aromatic rings. The number of carbonyl (C=O) groups is 2. The molecule has 0 N–H and O–H groups in total. The molecule has 1 saturated carbocycles. The van der Waals surface area contributed by atoms with Gasteiger partial charge in [-0.3, -0.25) is 19.7 Å². The average Bonchev–Trinajstić information content (AvgIpc) is 3.10. The first-order chi connectivity index (χ1) is 16.3. The Morgan fingerprint density at radius 1 is 1.03 bits per heavy atom. The molecule has 8 nitrogen and oxygen atoms in total. The van der Waals surface area contributed by atoms with Crippen LogP contribution in [0.3, 0.4) is 0 Å². The van der Waals surface area contributed by atoms with Gasteiger partial charge in [0.25, 0.3) is 17.5 Å². The summed E-state index contributed by atoms with van der Waals surface area (Å²) in [5.41, 5.74) is 1.61. The predicted molar refractivity (Wildman–Crippen MR) is 141 cm³/mol. The smallest absolute Gasteiger partial charge is 0.269 e. The maximum Gasteiger partial charge on any atom is 0.269 e. The number of hydrogen-bond donors (Lipinski definition) is 0. The van der Waals surface area contributed by atoms with E-state index in [0.29, 0.717) is 5.75 Å². The molecule has 34 heavy (non-hydrogen) atoms. The third kappa shape index (κ3) is 4.25. The summed E-state index contributed by atoms with van der Waals surface area (Å²) in [4.78, 5) is 36.2. The number of non-ortho nitro benzene ring substituents is 1. The van der Waals surface area contributed by atoms with E-state index < -0.39 is 4.92 Å². The Balaban J connectivity index is 1.29. The lowest BCUT2D eigenvalue weighted by molar-refractivity contribution is -0.384. The van der Waals surface area contributed by atoms with Crippen molar-refractivity contribution < 1.29 is 19.2 Å². The lowest BCUT2D eigenvalue weighted by Crippen LogP contribution is -2.38. The Hall–Kier alpha value is -2.35. The second-order valence-electron chi connectivity index (χ2n) is 8.60. The Morgan fingerprint density at radius 2 is 1.59 bits per heavy atom. The first kappa shape index (κ1) is 23.4. The van der Waals surface area contributed by atoms with Crippen molar-refractivity contribution in [2.45, 2.75) is 19.4 Å². The number of nitro groups is 1. The van der Waals surface area contributed by atoms with E-state index in [1.54, 1.807) is 18.3 Å². The van der Waals surface area contributed by atoms with E-state index in [1.165, 1.54) is 12.1 Å². The highest BCUT2D eigenvalue weighted by Crippen LogP contribution is 2.49. The van der Waals surface area contributed by atoms with Crippen LogP contribution in [0.25, 0.3) is 0 Å². The molecule has 6 rings (SSSR count). The summed E-state index contributed by atoms with van der Waals surface area (Å²) in [6.07, 6.45) is 7.64. The second kappa shape index (κ2) is 9.36. The molecule has 2 aromatic carbocycles. The minimum absolute atomic E-state index is 0.0367. The summed E-state index contributed by atoms with van der Waals surface area (Å²) in [7, 11) is 0. The lowest BCUT2D eigenvalue weighted by Gasteiger charge is -2.37. The van der Waals surface area contributed by atoms with Crippen molar-refractivity contribution in [1.82, 2.24) is 5.01 Å². The maximum absolute atomic E-state index is 12.9. The molecule has 0 spiro atoms. The predicted octanol–water partition coefficient (Wildman–Crippen LogP) is 4.91. The average molecular weight is 683 g/mol. The van der Waals surface area contributed by atoms with Crippen molar-refractivity contribution in [3.8, 4) is 5.75 Å². The highest BCUT2D eigenvalue weighted by atomic mass is 127. The molecule has 1 heterocycles. The van der Waals surface area contributed by atoms with Crippen LogP contribution < -0.4 is 4.74 Å². The van der Waals surface area contributed by atoms with E-state index in [1.807, 2.05) is 12.1 Å². The van der Waals surface area contributed by atoms with Gasteiger partial charge in [0, 0.05) is 12.1 Å². The molecule has 4 atom stereocenters. The number of hydrazone groups is 1. The van der Waals surface area contributed by atoms with Crippen LogP contribution in [0.1, 0.15) is 24.0 Å². The fourth-order valence-corrected chi connectivity index (χ4v) is 7.09. The van der Waals surface area contributed by atoms with Crippen molar-refractivity contribution in [2.75, 3.05) is 0 Å². The Kier molecular flexibility index (Phi) is 6.44. The lowest BCUT2D eigenvalue weighted by atomic mass is 9.63. The molecular weight excluding hydrogens is 664 g/mol. The standard InChI is InChI=1S/C24H19I2N3O5/c25-18-9-14(10-19(26)22(18)34-12-13-1-7-17(8-2-13)29(32)33)11-27-28-23(30)20-15-3-4-16(6-5-15)21(20)24(28)31/h1-4,7-11,15-16,20-21H,5-6,12H2/b27-11-/t15-,16-,20+,21+/m0/s1. The van der Waals surface area contributed by atoms with E-state index in [-0.39, 0.29) is 47.8 Å². The molecule has 0 aromatic heterocycles. The summed E-state index contributed by atoms with van der Waals surface area (Å²) < 4.78 is 7.66. The van der Waals surface area contributed by atoms with Crippen molar-refractivity contribution in [3.05, 3.63) is 76.9 Å². The van der Waals surface area contributed by atoms with Crippen molar-refractivity contribution in [1.29, 1.82) is 0 Å². The van der Waals surface area contributed by atoms with E-state index >= 15 is 0 Å². The van der Waals surface area contributed by atoms with Gasteiger partial charge in [-0.2, -0.15) is 10.1 Å². The number of nitro benzene ring substituents is 1. The number of amides is 2. The van der Waals surface area contributed by atoms with Gasteiger partial charge in [-0.25, -0.2) is 0 Å². The quantitative estimate of drug-likeness (QED) is 0.108. The first-order valence-electron chi connectivity index (χ1n) is 10.8. The molecule has 0 radical (unpaired) electrons. The third-order valence-corrected chi connectivity index (χ3v) is 8.21. The second-order valence-corrected chi connectivity index (χ2v) is 10.9. The number of hydrogen-bond acceptors (Lipinski definition) is 6. The zero-order valence-corrected chi connectivity index (χ0v) is 22.1. The number of benzene rings is 2. The van der Waals surface area contributed by atoms with E-state index in [2.05, 4.69) is 62.4 Å². The maximum atomic E-state index is 12.9. The summed E-state index contributed by atoms with van der Waals surface area (Å²) in [6.45, 7) is 0.271. The molecule has 2 bridgehead atoms. The van der Waals surface area contributed by atoms with E-state index in [0.717, 1.165) is 36.1 Å². The van der Waals surface area contributed by atoms with Crippen molar-refractivity contribution in [2.24, 2.45) is 28.8 Å². The molecule has 1 aliphatic heterocycles. The molecule has 4 aliphatic rings. The van der Waals surface area contributed by atoms with E-state index in [9.17, 15) is 19.7 Å². The minimum atomic E-state index is -0.435. The fraction of sp³-hybridized carbons (Fsp3) is 0.292. The minimum Gasteiger partial charge on any atom is -0.487 e. The monoisotopic (exact) mass is 683 g/mol. The van der Waals surface area contributed by atoms with Gasteiger partial charge in [-0.15, -0.1) is 0 Å². The number of allylic oxidation sites excluding steroid dienone is 2. The number of imide groups is 1. The number of nitrogens with zero attached hydrogens (tertiary/aromatic N) is 3. The molecule has 3 aliphatic carbocycles. The van der Waals surface area contributed by atoms with Gasteiger partial charge < -0.3 is 4.74 Å². The molecule has 2 amide bonds. The summed E-state index contributed by atoms with van der Waals surface area (Å²) >= 11 is 4.34. The highest BCUT2D eigenvalue weighted by Gasteiger charge is 2.56. The molecule has 0 unspecified atom stereocenters. The number of carbonyl (C=O) groups excluding carboxylic acids is 2. The van der Waals surface area contributed by atoms with Crippen LogP contribution in [-0.4, -0.2) is 28.0 Å². The van der Waals surface area contributed by atoms with Gasteiger partial charge in [-0.1, -0.05) is 12.2 Å². The Labute approximate surface area is 222 Å². The SMILES string of the molecule is O=C1[C@H]2[C@H](C(=O)N1/N=C\c1cc(I)c(OCc3ccc([N+](=O)[O-])cc3)c(I)c1)[C@H]1C=C[C@H]2CC1. The van der Waals surface area contributed by atoms with Crippen LogP contribution in [-0.2, 0) is 16.2 Å². The van der Waals surface area contributed by atoms with Gasteiger partial charge in [0.2, 0.25) is 0 Å². The molecule has 10 heteroatoms. The number of fused-ring (bicyclic) bond motifs is 1. The zero-order valence-electron chi connectivity index (χ0n) is 17.8. The summed E-state index contributed by atoms with van der Waals surface area (Å²) in [5.74, 6) is 0.0309. The molecule has 1 saturated heterocycles. The number of halogens is 2. The number of rotatable bonds is 6. The van der Waals surface area contributed by atoms with Gasteiger partial charge >= 0.3 is 0 Å². The van der Waals surface area contributed by atoms with Crippen LogP contribution >= 0.6 is 45.2 Å². The van der Waals surface area contributed by atoms with Gasteiger partial charge in [0.1, 0.15) is 12.4 Å². The van der Waals surface area contributed by atoms with Gasteiger partial charge in [0.15, 0.2) is 0 Å². The van der Waals surface area contributed by atoms with Crippen LogP contribution in [0.5, 0.6) is 5.75 Å². The first-order valence-corrected chi connectivity index (χ1v) is 12.9. The summed E-state index contributed by atoms with van der Waals surface area (Å²) in [6, 6.07) is 9.99. The number of ether oxygens (including phenoxy) is 1. The fourth-order valence-electron chi connectivity index (χ4n) is 4.96. The summed E-state index contributed by atoms with van der Waals surface area (Å²) in [5, 5.41) is 16.1. The Morgan fingerprint density at radius 3 is 2.09 bits per heavy atom. The van der Waals surface area contributed by atoms with Gasteiger partial charge in [0.05, 0.1) is 30.1 Å².